The number of fused-ring (bicyclic) bond motifs is 1. The van der Waals surface area contributed by atoms with E-state index in [0.29, 0.717) is 9.99 Å². The molecule has 8 heteroatoms. The molecule has 1 saturated heterocycles. The summed E-state index contributed by atoms with van der Waals surface area (Å²) in [6.07, 6.45) is 1.13. The first-order chi connectivity index (χ1) is 10.9. The van der Waals surface area contributed by atoms with Gasteiger partial charge in [-0.15, -0.1) is 11.8 Å². The van der Waals surface area contributed by atoms with Gasteiger partial charge < -0.3 is 15.0 Å². The zero-order valence-electron chi connectivity index (χ0n) is 12.6. The van der Waals surface area contributed by atoms with Crippen molar-refractivity contribution in [3.63, 3.8) is 0 Å². The Balaban J connectivity index is 1.80. The lowest BCUT2D eigenvalue weighted by molar-refractivity contribution is -0.678. The molecule has 3 atom stereocenters. The van der Waals surface area contributed by atoms with Crippen molar-refractivity contribution in [3.8, 4) is 0 Å². The highest BCUT2D eigenvalue weighted by Gasteiger charge is 2.56. The summed E-state index contributed by atoms with van der Waals surface area (Å²) in [6, 6.07) is 5.80. The molecule has 6 nitrogen and oxygen atoms in total. The number of amides is 1. The Labute approximate surface area is 142 Å². The van der Waals surface area contributed by atoms with Crippen LogP contribution in [0, 0.1) is 5.92 Å². The highest BCUT2D eigenvalue weighted by Crippen LogP contribution is 2.53. The number of pyridine rings is 1. The van der Waals surface area contributed by atoms with Crippen LogP contribution in [0.2, 0.25) is 0 Å². The predicted octanol–water partition coefficient (Wildman–Crippen LogP) is -0.425. The molecule has 1 aromatic heterocycles. The quantitative estimate of drug-likeness (QED) is 0.572. The molecule has 1 amide bonds. The van der Waals surface area contributed by atoms with E-state index in [1.165, 1.54) is 28.4 Å². The monoisotopic (exact) mass is 352 g/mol. The number of thioether (sulfide) groups is 2. The molecule has 2 aliphatic rings. The molecule has 1 N–H and O–H groups in total. The van der Waals surface area contributed by atoms with Crippen LogP contribution in [0.25, 0.3) is 0 Å². The van der Waals surface area contributed by atoms with Crippen LogP contribution in [-0.2, 0) is 22.4 Å². The van der Waals surface area contributed by atoms with E-state index in [2.05, 4.69) is 0 Å². The van der Waals surface area contributed by atoms with Crippen molar-refractivity contribution < 1.29 is 24.4 Å². The van der Waals surface area contributed by atoms with Gasteiger partial charge in [0.1, 0.15) is 12.4 Å². The number of hydrogen-bond acceptors (Lipinski definition) is 6. The van der Waals surface area contributed by atoms with Gasteiger partial charge in [0.05, 0.1) is 33.7 Å². The number of aliphatic carboxylic acids is 1. The van der Waals surface area contributed by atoms with Crippen molar-refractivity contribution in [1.29, 1.82) is 0 Å². The van der Waals surface area contributed by atoms with Gasteiger partial charge in [-0.25, -0.2) is 4.57 Å². The van der Waals surface area contributed by atoms with Crippen LogP contribution in [0.4, 0.5) is 0 Å². The van der Waals surface area contributed by atoms with Crippen LogP contribution < -0.4 is 9.67 Å². The standard InChI is InChI=1S/C15H16N2O4S2/c1-8(18)10-12(19)17-11(14(20)21)15(23-13(10)17)22-7-9-5-3-4-6-16(9)2/h3-6,8,10,13,18H,7H2,1-2H3/t8-,10+,13-/m1/s1. The minimum Gasteiger partial charge on any atom is -0.543 e. The second-order valence-electron chi connectivity index (χ2n) is 5.50. The fourth-order valence-corrected chi connectivity index (χ4v) is 5.65. The van der Waals surface area contributed by atoms with Gasteiger partial charge in [0.2, 0.25) is 5.91 Å². The highest BCUT2D eigenvalue weighted by atomic mass is 32.2. The summed E-state index contributed by atoms with van der Waals surface area (Å²) >= 11 is 2.70. The lowest BCUT2D eigenvalue weighted by Crippen LogP contribution is -2.61. The molecule has 3 heterocycles. The molecule has 0 unspecified atom stereocenters. The fraction of sp³-hybridized carbons (Fsp3) is 0.400. The van der Waals surface area contributed by atoms with E-state index in [1.54, 1.807) is 6.92 Å². The molecule has 122 valence electrons. The molecular formula is C15H16N2O4S2. The third kappa shape index (κ3) is 2.75. The summed E-state index contributed by atoms with van der Waals surface area (Å²) in [5.41, 5.74) is 0.974. The Morgan fingerprint density at radius 2 is 2.30 bits per heavy atom. The van der Waals surface area contributed by atoms with Gasteiger partial charge in [0.25, 0.3) is 0 Å². The molecule has 0 bridgehead atoms. The van der Waals surface area contributed by atoms with E-state index < -0.39 is 18.0 Å². The number of β-lactam (4-membered cyclic amide) rings is 1. The van der Waals surface area contributed by atoms with Gasteiger partial charge in [-0.1, -0.05) is 17.8 Å². The zero-order valence-corrected chi connectivity index (χ0v) is 14.3. The lowest BCUT2D eigenvalue weighted by atomic mass is 9.92. The normalized spacial score (nSPS) is 24.5. The van der Waals surface area contributed by atoms with Crippen LogP contribution in [0.15, 0.2) is 34.3 Å². The number of hydrogen-bond donors (Lipinski definition) is 1. The van der Waals surface area contributed by atoms with E-state index >= 15 is 0 Å². The number of carboxylic acid groups (broad SMARTS) is 1. The topological polar surface area (TPSA) is 84.5 Å². The molecule has 0 aliphatic carbocycles. The Kier molecular flexibility index (Phi) is 4.39. The summed E-state index contributed by atoms with van der Waals surface area (Å²) in [6.45, 7) is 1.55. The summed E-state index contributed by atoms with van der Waals surface area (Å²) in [7, 11) is 1.92. The fourth-order valence-electron chi connectivity index (χ4n) is 2.69. The molecule has 0 aromatic carbocycles. The summed E-state index contributed by atoms with van der Waals surface area (Å²) < 4.78 is 2.53. The van der Waals surface area contributed by atoms with Crippen molar-refractivity contribution in [2.45, 2.75) is 24.2 Å². The van der Waals surface area contributed by atoms with Crippen molar-refractivity contribution in [3.05, 3.63) is 40.0 Å². The first kappa shape index (κ1) is 16.4. The SMILES string of the molecule is C[C@@H](O)[C@H]1C(=O)N2C(C(=O)[O-])=C(SCc3cccc[n+]3C)S[C@H]12. The van der Waals surface area contributed by atoms with Crippen molar-refractivity contribution in [2.24, 2.45) is 13.0 Å². The van der Waals surface area contributed by atoms with Crippen molar-refractivity contribution >= 4 is 35.4 Å². The van der Waals surface area contributed by atoms with E-state index in [9.17, 15) is 19.8 Å². The van der Waals surface area contributed by atoms with Crippen LogP contribution in [-0.4, -0.2) is 33.4 Å². The van der Waals surface area contributed by atoms with E-state index in [0.717, 1.165) is 5.69 Å². The molecule has 0 saturated carbocycles. The molecule has 2 aliphatic heterocycles. The number of aliphatic hydroxyl groups excluding tert-OH is 1. The number of carboxylic acids is 1. The maximum Gasteiger partial charge on any atom is 0.236 e. The van der Waals surface area contributed by atoms with Gasteiger partial charge in [-0.05, 0) is 6.92 Å². The van der Waals surface area contributed by atoms with Gasteiger partial charge >= 0.3 is 0 Å². The molecule has 1 fully saturated rings. The van der Waals surface area contributed by atoms with Gasteiger partial charge in [0, 0.05) is 12.1 Å². The van der Waals surface area contributed by atoms with Crippen LogP contribution in [0.5, 0.6) is 0 Å². The van der Waals surface area contributed by atoms with E-state index in [1.807, 2.05) is 36.0 Å². The number of carbonyl (C=O) groups excluding carboxylic acids is 2. The van der Waals surface area contributed by atoms with Crippen LogP contribution in [0.3, 0.4) is 0 Å². The number of aliphatic hydroxyl groups is 1. The second-order valence-corrected chi connectivity index (χ2v) is 7.87. The third-order valence-corrected chi connectivity index (χ3v) is 6.66. The predicted molar refractivity (Wildman–Crippen MR) is 84.3 cm³/mol. The molecular weight excluding hydrogens is 336 g/mol. The van der Waals surface area contributed by atoms with E-state index in [-0.39, 0.29) is 17.0 Å². The number of aromatic nitrogens is 1. The highest BCUT2D eigenvalue weighted by molar-refractivity contribution is 8.22. The average molecular weight is 352 g/mol. The Morgan fingerprint density at radius 3 is 2.91 bits per heavy atom. The van der Waals surface area contributed by atoms with Crippen LogP contribution in [0.1, 0.15) is 12.6 Å². The van der Waals surface area contributed by atoms with Gasteiger partial charge in [0.15, 0.2) is 11.9 Å². The lowest BCUT2D eigenvalue weighted by Gasteiger charge is -2.44. The van der Waals surface area contributed by atoms with Crippen LogP contribution >= 0.6 is 23.5 Å². The first-order valence-corrected chi connectivity index (χ1v) is 8.98. The number of aryl methyl sites for hydroxylation is 1. The Hall–Kier alpha value is -1.51. The Morgan fingerprint density at radius 1 is 1.57 bits per heavy atom. The minimum atomic E-state index is -1.35. The average Bonchev–Trinajstić information content (AvgIpc) is 2.80. The molecule has 0 radical (unpaired) electrons. The van der Waals surface area contributed by atoms with Gasteiger partial charge in [-0.2, -0.15) is 0 Å². The maximum absolute atomic E-state index is 12.1. The van der Waals surface area contributed by atoms with Crippen molar-refractivity contribution in [2.75, 3.05) is 0 Å². The summed E-state index contributed by atoms with van der Waals surface area (Å²) in [5, 5.41) is 20.8. The zero-order chi connectivity index (χ0) is 16.7. The van der Waals surface area contributed by atoms with Crippen molar-refractivity contribution in [1.82, 2.24) is 4.90 Å². The molecule has 23 heavy (non-hydrogen) atoms. The number of nitrogens with zero attached hydrogens (tertiary/aromatic N) is 2. The largest absolute Gasteiger partial charge is 0.543 e. The smallest absolute Gasteiger partial charge is 0.236 e. The number of rotatable bonds is 5. The minimum absolute atomic E-state index is 0.0644. The third-order valence-electron chi connectivity index (χ3n) is 3.97. The summed E-state index contributed by atoms with van der Waals surface area (Å²) in [4.78, 5) is 24.8. The second kappa shape index (κ2) is 6.18. The molecule has 0 spiro atoms. The maximum atomic E-state index is 12.1. The van der Waals surface area contributed by atoms with E-state index in [4.69, 9.17) is 0 Å². The molecule has 1 aromatic rings. The number of carbonyl (C=O) groups is 2. The Bertz CT molecular complexity index is 704. The van der Waals surface area contributed by atoms with Gasteiger partial charge in [-0.3, -0.25) is 9.69 Å². The first-order valence-electron chi connectivity index (χ1n) is 7.11. The summed E-state index contributed by atoms with van der Waals surface area (Å²) in [5.74, 6) is -1.67. The molecule has 3 rings (SSSR count).